The summed E-state index contributed by atoms with van der Waals surface area (Å²) in [6, 6.07) is 4.12. The van der Waals surface area contributed by atoms with Gasteiger partial charge in [0.05, 0.1) is 6.10 Å². The first-order chi connectivity index (χ1) is 7.79. The number of aliphatic hydroxyl groups is 1. The predicted molar refractivity (Wildman–Crippen MR) is 65.1 cm³/mol. The number of rotatable bonds is 3. The minimum Gasteiger partial charge on any atom is -0.393 e. The second-order valence-electron chi connectivity index (χ2n) is 4.97. The van der Waals surface area contributed by atoms with Crippen LogP contribution in [0.5, 0.6) is 0 Å². The molecule has 1 N–H and O–H groups in total. The molecule has 0 saturated heterocycles. The van der Waals surface area contributed by atoms with Crippen LogP contribution < -0.4 is 0 Å². The van der Waals surface area contributed by atoms with E-state index in [-0.39, 0.29) is 6.10 Å². The summed E-state index contributed by atoms with van der Waals surface area (Å²) in [5.74, 6) is 1.26. The van der Waals surface area contributed by atoms with Crippen molar-refractivity contribution >= 4 is 0 Å². The molecule has 1 aliphatic rings. The lowest BCUT2D eigenvalue weighted by atomic mass is 9.76. The molecule has 2 rings (SSSR count). The van der Waals surface area contributed by atoms with Gasteiger partial charge in [0.1, 0.15) is 0 Å². The second kappa shape index (κ2) is 5.44. The molecule has 0 amide bonds. The molecule has 16 heavy (non-hydrogen) atoms. The Balaban J connectivity index is 1.97. The van der Waals surface area contributed by atoms with E-state index in [9.17, 15) is 5.11 Å². The molecule has 0 radical (unpaired) electrons. The van der Waals surface area contributed by atoms with Gasteiger partial charge >= 0.3 is 0 Å². The molecule has 0 bridgehead atoms. The van der Waals surface area contributed by atoms with Crippen LogP contribution in [-0.2, 0) is 6.42 Å². The highest BCUT2D eigenvalue weighted by atomic mass is 16.3. The maximum absolute atomic E-state index is 10.0. The molecule has 1 aromatic rings. The molecule has 1 fully saturated rings. The minimum atomic E-state index is -0.101. The number of aromatic nitrogens is 1. The lowest BCUT2D eigenvalue weighted by Crippen LogP contribution is -2.30. The zero-order valence-corrected chi connectivity index (χ0v) is 9.97. The van der Waals surface area contributed by atoms with E-state index in [0.29, 0.717) is 5.92 Å². The second-order valence-corrected chi connectivity index (χ2v) is 4.97. The topological polar surface area (TPSA) is 33.1 Å². The monoisotopic (exact) mass is 219 g/mol. The first kappa shape index (κ1) is 11.6. The number of hydrogen-bond donors (Lipinski definition) is 1. The van der Waals surface area contributed by atoms with Crippen LogP contribution in [-0.4, -0.2) is 16.2 Å². The van der Waals surface area contributed by atoms with Gasteiger partial charge in [0.2, 0.25) is 0 Å². The summed E-state index contributed by atoms with van der Waals surface area (Å²) in [7, 11) is 0. The van der Waals surface area contributed by atoms with Gasteiger partial charge in [-0.15, -0.1) is 0 Å². The third-order valence-corrected chi connectivity index (χ3v) is 3.88. The molecular weight excluding hydrogens is 198 g/mol. The summed E-state index contributed by atoms with van der Waals surface area (Å²) in [6.07, 6.45) is 9.18. The molecule has 3 unspecified atom stereocenters. The Labute approximate surface area is 97.7 Å². The van der Waals surface area contributed by atoms with Crippen LogP contribution in [0.1, 0.15) is 38.2 Å². The maximum Gasteiger partial charge on any atom is 0.0571 e. The zero-order chi connectivity index (χ0) is 11.4. The van der Waals surface area contributed by atoms with E-state index in [1.54, 1.807) is 0 Å². The summed E-state index contributed by atoms with van der Waals surface area (Å²) < 4.78 is 0. The molecule has 1 aliphatic carbocycles. The largest absolute Gasteiger partial charge is 0.393 e. The van der Waals surface area contributed by atoms with Gasteiger partial charge in [0, 0.05) is 12.4 Å². The number of nitrogens with zero attached hydrogens (tertiary/aromatic N) is 1. The van der Waals surface area contributed by atoms with Crippen molar-refractivity contribution in [1.29, 1.82) is 0 Å². The highest BCUT2D eigenvalue weighted by Crippen LogP contribution is 2.33. The van der Waals surface area contributed by atoms with E-state index in [0.717, 1.165) is 18.8 Å². The van der Waals surface area contributed by atoms with E-state index >= 15 is 0 Å². The summed E-state index contributed by atoms with van der Waals surface area (Å²) in [6.45, 7) is 2.26. The first-order valence-corrected chi connectivity index (χ1v) is 6.36. The van der Waals surface area contributed by atoms with E-state index in [4.69, 9.17) is 0 Å². The van der Waals surface area contributed by atoms with Crippen LogP contribution in [0.2, 0.25) is 0 Å². The SMILES string of the molecule is CCC1CCC(O)C(Cc2ccncc2)C1. The van der Waals surface area contributed by atoms with Gasteiger partial charge in [-0.1, -0.05) is 13.3 Å². The summed E-state index contributed by atoms with van der Waals surface area (Å²) in [5.41, 5.74) is 1.30. The van der Waals surface area contributed by atoms with Gasteiger partial charge in [-0.25, -0.2) is 0 Å². The maximum atomic E-state index is 10.0. The fraction of sp³-hybridized carbons (Fsp3) is 0.643. The average molecular weight is 219 g/mol. The highest BCUT2D eigenvalue weighted by molar-refractivity contribution is 5.11. The smallest absolute Gasteiger partial charge is 0.0571 e. The standard InChI is InChI=1S/C14H21NO/c1-2-11-3-4-14(16)13(9-11)10-12-5-7-15-8-6-12/h5-8,11,13-14,16H,2-4,9-10H2,1H3. The van der Waals surface area contributed by atoms with Crippen LogP contribution in [0.3, 0.4) is 0 Å². The number of aliphatic hydroxyl groups excluding tert-OH is 1. The van der Waals surface area contributed by atoms with Gasteiger partial charge < -0.3 is 5.11 Å². The predicted octanol–water partition coefficient (Wildman–Crippen LogP) is 2.81. The number of pyridine rings is 1. The Morgan fingerprint density at radius 3 is 2.75 bits per heavy atom. The Morgan fingerprint density at radius 1 is 1.31 bits per heavy atom. The fourth-order valence-corrected chi connectivity index (χ4v) is 2.76. The van der Waals surface area contributed by atoms with Crippen molar-refractivity contribution in [3.05, 3.63) is 30.1 Å². The molecule has 0 aliphatic heterocycles. The van der Waals surface area contributed by atoms with Gasteiger partial charge in [-0.05, 0) is 55.2 Å². The van der Waals surface area contributed by atoms with Crippen molar-refractivity contribution in [2.24, 2.45) is 11.8 Å². The normalized spacial score (nSPS) is 30.2. The molecule has 1 aromatic heterocycles. The molecule has 2 heteroatoms. The average Bonchev–Trinajstić information content (AvgIpc) is 2.33. The summed E-state index contributed by atoms with van der Waals surface area (Å²) in [4.78, 5) is 4.03. The van der Waals surface area contributed by atoms with Crippen molar-refractivity contribution in [2.45, 2.75) is 45.1 Å². The van der Waals surface area contributed by atoms with Gasteiger partial charge in [0.15, 0.2) is 0 Å². The number of hydrogen-bond acceptors (Lipinski definition) is 2. The van der Waals surface area contributed by atoms with Crippen molar-refractivity contribution in [1.82, 2.24) is 4.98 Å². The van der Waals surface area contributed by atoms with Crippen molar-refractivity contribution < 1.29 is 5.11 Å². The Bertz CT molecular complexity index is 312. The van der Waals surface area contributed by atoms with Gasteiger partial charge in [-0.3, -0.25) is 4.98 Å². The quantitative estimate of drug-likeness (QED) is 0.848. The molecule has 88 valence electrons. The van der Waals surface area contributed by atoms with Crippen molar-refractivity contribution in [3.63, 3.8) is 0 Å². The summed E-state index contributed by atoms with van der Waals surface area (Å²) in [5, 5.41) is 10.0. The van der Waals surface area contributed by atoms with E-state index in [1.165, 1.54) is 24.8 Å². The third kappa shape index (κ3) is 2.82. The van der Waals surface area contributed by atoms with Crippen LogP contribution in [0.25, 0.3) is 0 Å². The lowest BCUT2D eigenvalue weighted by Gasteiger charge is -2.33. The van der Waals surface area contributed by atoms with Gasteiger partial charge in [0.25, 0.3) is 0 Å². The molecule has 1 saturated carbocycles. The summed E-state index contributed by atoms with van der Waals surface area (Å²) >= 11 is 0. The fourth-order valence-electron chi connectivity index (χ4n) is 2.76. The third-order valence-electron chi connectivity index (χ3n) is 3.88. The lowest BCUT2D eigenvalue weighted by molar-refractivity contribution is 0.0475. The van der Waals surface area contributed by atoms with Crippen molar-refractivity contribution in [3.8, 4) is 0 Å². The van der Waals surface area contributed by atoms with Crippen LogP contribution in [0, 0.1) is 11.8 Å². The zero-order valence-electron chi connectivity index (χ0n) is 9.97. The van der Waals surface area contributed by atoms with Gasteiger partial charge in [-0.2, -0.15) is 0 Å². The molecular formula is C14H21NO. The molecule has 0 spiro atoms. The Kier molecular flexibility index (Phi) is 3.94. The van der Waals surface area contributed by atoms with Crippen molar-refractivity contribution in [2.75, 3.05) is 0 Å². The first-order valence-electron chi connectivity index (χ1n) is 6.36. The van der Waals surface area contributed by atoms with Crippen LogP contribution in [0.4, 0.5) is 0 Å². The Morgan fingerprint density at radius 2 is 2.06 bits per heavy atom. The highest BCUT2D eigenvalue weighted by Gasteiger charge is 2.28. The Hall–Kier alpha value is -0.890. The molecule has 0 aromatic carbocycles. The van der Waals surface area contributed by atoms with E-state index in [1.807, 2.05) is 12.4 Å². The molecule has 1 heterocycles. The molecule has 3 atom stereocenters. The van der Waals surface area contributed by atoms with E-state index < -0.39 is 0 Å². The minimum absolute atomic E-state index is 0.101. The van der Waals surface area contributed by atoms with Crippen LogP contribution >= 0.6 is 0 Å². The van der Waals surface area contributed by atoms with Crippen LogP contribution in [0.15, 0.2) is 24.5 Å². The molecule has 2 nitrogen and oxygen atoms in total. The van der Waals surface area contributed by atoms with E-state index in [2.05, 4.69) is 24.0 Å².